The van der Waals surface area contributed by atoms with Crippen molar-refractivity contribution in [2.45, 2.75) is 6.61 Å². The third kappa shape index (κ3) is 2.40. The van der Waals surface area contributed by atoms with Crippen molar-refractivity contribution < 1.29 is 19.0 Å². The standard InChI is InChI=1S/C9H11FO3/c1-12-6-13-9-7(5-11)3-2-4-8(9)10/h2-4,11H,5-6H2,1H3. The molecular weight excluding hydrogens is 175 g/mol. The molecule has 0 fully saturated rings. The van der Waals surface area contributed by atoms with Crippen molar-refractivity contribution in [3.63, 3.8) is 0 Å². The zero-order chi connectivity index (χ0) is 9.68. The SMILES string of the molecule is COCOc1c(F)cccc1CO. The van der Waals surface area contributed by atoms with Gasteiger partial charge in [-0.15, -0.1) is 0 Å². The van der Waals surface area contributed by atoms with Crippen molar-refractivity contribution in [1.29, 1.82) is 0 Å². The molecule has 0 aliphatic carbocycles. The molecule has 0 radical (unpaired) electrons. The van der Waals surface area contributed by atoms with Crippen molar-refractivity contribution in [1.82, 2.24) is 0 Å². The highest BCUT2D eigenvalue weighted by Gasteiger charge is 2.08. The fourth-order valence-electron chi connectivity index (χ4n) is 0.958. The molecule has 0 heterocycles. The molecule has 0 aliphatic heterocycles. The number of para-hydroxylation sites is 1. The van der Waals surface area contributed by atoms with Crippen molar-refractivity contribution >= 4 is 0 Å². The van der Waals surface area contributed by atoms with Crippen LogP contribution in [0.2, 0.25) is 0 Å². The lowest BCUT2D eigenvalue weighted by atomic mass is 10.2. The van der Waals surface area contributed by atoms with E-state index < -0.39 is 5.82 Å². The largest absolute Gasteiger partial charge is 0.464 e. The first-order valence-corrected chi connectivity index (χ1v) is 3.79. The minimum absolute atomic E-state index is 0.0338. The number of rotatable bonds is 4. The summed E-state index contributed by atoms with van der Waals surface area (Å²) in [6.45, 7) is -0.287. The maximum Gasteiger partial charge on any atom is 0.188 e. The zero-order valence-corrected chi connectivity index (χ0v) is 7.29. The van der Waals surface area contributed by atoms with Crippen molar-refractivity contribution in [2.75, 3.05) is 13.9 Å². The van der Waals surface area contributed by atoms with Gasteiger partial charge in [-0.3, -0.25) is 0 Å². The number of aliphatic hydroxyl groups excluding tert-OH is 1. The second-order valence-corrected chi connectivity index (χ2v) is 2.44. The van der Waals surface area contributed by atoms with Crippen molar-refractivity contribution in [2.24, 2.45) is 0 Å². The first-order valence-electron chi connectivity index (χ1n) is 3.79. The Balaban J connectivity index is 2.87. The molecule has 0 aromatic heterocycles. The Labute approximate surface area is 75.7 Å². The second-order valence-electron chi connectivity index (χ2n) is 2.44. The van der Waals surface area contributed by atoms with Gasteiger partial charge in [0.25, 0.3) is 0 Å². The maximum atomic E-state index is 13.1. The van der Waals surface area contributed by atoms with E-state index in [0.717, 1.165) is 0 Å². The molecule has 4 heteroatoms. The summed E-state index contributed by atoms with van der Waals surface area (Å²) in [5.74, 6) is -0.449. The van der Waals surface area contributed by atoms with E-state index in [0.29, 0.717) is 5.56 Å². The predicted molar refractivity (Wildman–Crippen MR) is 44.8 cm³/mol. The normalized spacial score (nSPS) is 10.1. The summed E-state index contributed by atoms with van der Waals surface area (Å²) in [7, 11) is 1.44. The van der Waals surface area contributed by atoms with Gasteiger partial charge in [0, 0.05) is 12.7 Å². The van der Waals surface area contributed by atoms with E-state index in [1.54, 1.807) is 6.07 Å². The van der Waals surface area contributed by atoms with E-state index in [1.807, 2.05) is 0 Å². The zero-order valence-electron chi connectivity index (χ0n) is 7.29. The fourth-order valence-corrected chi connectivity index (χ4v) is 0.958. The molecule has 0 unspecified atom stereocenters. The third-order valence-corrected chi connectivity index (χ3v) is 1.54. The van der Waals surface area contributed by atoms with Crippen LogP contribution in [0.4, 0.5) is 4.39 Å². The Morgan fingerprint density at radius 3 is 2.85 bits per heavy atom. The number of benzene rings is 1. The molecular formula is C9H11FO3. The molecule has 1 aromatic carbocycles. The van der Waals surface area contributed by atoms with Crippen LogP contribution >= 0.6 is 0 Å². The van der Waals surface area contributed by atoms with E-state index in [1.165, 1.54) is 19.2 Å². The number of hydrogen-bond acceptors (Lipinski definition) is 3. The van der Waals surface area contributed by atoms with Gasteiger partial charge in [0.1, 0.15) is 0 Å². The van der Waals surface area contributed by atoms with Crippen LogP contribution < -0.4 is 4.74 Å². The highest BCUT2D eigenvalue weighted by Crippen LogP contribution is 2.22. The summed E-state index contributed by atoms with van der Waals surface area (Å²) in [4.78, 5) is 0. The van der Waals surface area contributed by atoms with Gasteiger partial charge in [-0.05, 0) is 6.07 Å². The lowest BCUT2D eigenvalue weighted by molar-refractivity contribution is 0.0466. The first-order chi connectivity index (χ1) is 6.29. The molecule has 0 atom stereocenters. The molecule has 13 heavy (non-hydrogen) atoms. The molecule has 1 aromatic rings. The Bertz CT molecular complexity index is 276. The maximum absolute atomic E-state index is 13.1. The summed E-state index contributed by atoms with van der Waals surface area (Å²) in [5.41, 5.74) is 0.414. The number of methoxy groups -OCH3 is 1. The average molecular weight is 186 g/mol. The topological polar surface area (TPSA) is 38.7 Å². The minimum atomic E-state index is -0.497. The lowest BCUT2D eigenvalue weighted by Gasteiger charge is -2.09. The second kappa shape index (κ2) is 4.79. The third-order valence-electron chi connectivity index (χ3n) is 1.54. The molecule has 0 amide bonds. The average Bonchev–Trinajstić information content (AvgIpc) is 2.15. The van der Waals surface area contributed by atoms with Crippen LogP contribution in [0.5, 0.6) is 5.75 Å². The van der Waals surface area contributed by atoms with Gasteiger partial charge < -0.3 is 14.6 Å². The first kappa shape index (κ1) is 9.95. The van der Waals surface area contributed by atoms with Crippen molar-refractivity contribution in [3.05, 3.63) is 29.6 Å². The van der Waals surface area contributed by atoms with Gasteiger partial charge in [0.15, 0.2) is 18.4 Å². The number of aliphatic hydroxyl groups is 1. The summed E-state index contributed by atoms with van der Waals surface area (Å²) >= 11 is 0. The van der Waals surface area contributed by atoms with Gasteiger partial charge in [0.2, 0.25) is 0 Å². The van der Waals surface area contributed by atoms with E-state index in [4.69, 9.17) is 9.84 Å². The Morgan fingerprint density at radius 1 is 1.46 bits per heavy atom. The fraction of sp³-hybridized carbons (Fsp3) is 0.333. The van der Waals surface area contributed by atoms with E-state index in [2.05, 4.69) is 4.74 Å². The molecule has 0 spiro atoms. The Morgan fingerprint density at radius 2 is 2.23 bits per heavy atom. The molecule has 1 N–H and O–H groups in total. The smallest absolute Gasteiger partial charge is 0.188 e. The Hall–Kier alpha value is -1.13. The molecule has 0 saturated carbocycles. The highest BCUT2D eigenvalue weighted by molar-refractivity contribution is 5.34. The van der Waals surface area contributed by atoms with Gasteiger partial charge >= 0.3 is 0 Å². The van der Waals surface area contributed by atoms with Crippen LogP contribution in [0.25, 0.3) is 0 Å². The predicted octanol–water partition coefficient (Wildman–Crippen LogP) is 1.30. The van der Waals surface area contributed by atoms with E-state index >= 15 is 0 Å². The number of ether oxygens (including phenoxy) is 2. The number of hydrogen-bond donors (Lipinski definition) is 1. The molecule has 72 valence electrons. The molecule has 0 bridgehead atoms. The Kier molecular flexibility index (Phi) is 3.67. The molecule has 0 saturated heterocycles. The summed E-state index contributed by atoms with van der Waals surface area (Å²) in [6.07, 6.45) is 0. The van der Waals surface area contributed by atoms with E-state index in [-0.39, 0.29) is 19.1 Å². The van der Waals surface area contributed by atoms with Crippen LogP contribution in [-0.4, -0.2) is 19.0 Å². The van der Waals surface area contributed by atoms with Crippen LogP contribution in [0.15, 0.2) is 18.2 Å². The number of halogens is 1. The quantitative estimate of drug-likeness (QED) is 0.720. The van der Waals surface area contributed by atoms with Gasteiger partial charge in [-0.2, -0.15) is 0 Å². The monoisotopic (exact) mass is 186 g/mol. The van der Waals surface area contributed by atoms with Crippen LogP contribution in [-0.2, 0) is 11.3 Å². The minimum Gasteiger partial charge on any atom is -0.464 e. The van der Waals surface area contributed by atoms with E-state index in [9.17, 15) is 4.39 Å². The summed E-state index contributed by atoms with van der Waals surface area (Å²) in [5, 5.41) is 8.85. The van der Waals surface area contributed by atoms with Crippen LogP contribution in [0.3, 0.4) is 0 Å². The van der Waals surface area contributed by atoms with Crippen molar-refractivity contribution in [3.8, 4) is 5.75 Å². The lowest BCUT2D eigenvalue weighted by Crippen LogP contribution is -2.03. The molecule has 3 nitrogen and oxygen atoms in total. The summed E-state index contributed by atoms with van der Waals surface area (Å²) < 4.78 is 22.6. The summed E-state index contributed by atoms with van der Waals surface area (Å²) in [6, 6.07) is 4.37. The van der Waals surface area contributed by atoms with Crippen LogP contribution in [0, 0.1) is 5.82 Å². The van der Waals surface area contributed by atoms with Crippen LogP contribution in [0.1, 0.15) is 5.56 Å². The van der Waals surface area contributed by atoms with Gasteiger partial charge in [0.05, 0.1) is 6.61 Å². The van der Waals surface area contributed by atoms with Gasteiger partial charge in [-0.25, -0.2) is 4.39 Å². The highest BCUT2D eigenvalue weighted by atomic mass is 19.1. The molecule has 1 rings (SSSR count). The molecule has 0 aliphatic rings. The van der Waals surface area contributed by atoms with Gasteiger partial charge in [-0.1, -0.05) is 12.1 Å².